The van der Waals surface area contributed by atoms with Gasteiger partial charge in [-0.1, -0.05) is 6.92 Å². The lowest BCUT2D eigenvalue weighted by Crippen LogP contribution is -2.38. The summed E-state index contributed by atoms with van der Waals surface area (Å²) in [6.07, 6.45) is 5.44. The van der Waals surface area contributed by atoms with E-state index in [1.165, 1.54) is 24.1 Å². The molecule has 0 saturated heterocycles. The van der Waals surface area contributed by atoms with Crippen molar-refractivity contribution in [2.45, 2.75) is 58.2 Å². The summed E-state index contributed by atoms with van der Waals surface area (Å²) in [6, 6.07) is 0. The molecule has 2 aromatic rings. The lowest BCUT2D eigenvalue weighted by molar-refractivity contribution is -0.192. The van der Waals surface area contributed by atoms with Crippen LogP contribution in [0, 0.1) is 11.3 Å². The molecule has 1 aliphatic heterocycles. The number of halogens is 3. The molecule has 2 fully saturated rings. The van der Waals surface area contributed by atoms with Crippen LogP contribution in [0.4, 0.5) is 13.2 Å². The fourth-order valence-corrected chi connectivity index (χ4v) is 3.86. The topological polar surface area (TPSA) is 104 Å². The van der Waals surface area contributed by atoms with Gasteiger partial charge >= 0.3 is 12.1 Å². The molecule has 5 rings (SSSR count). The molecule has 0 bridgehead atoms. The van der Waals surface area contributed by atoms with Gasteiger partial charge in [0.25, 0.3) is 0 Å². The molecule has 2 N–H and O–H groups in total. The number of rotatable bonds is 4. The Morgan fingerprint density at radius 2 is 1.91 bits per heavy atom. The summed E-state index contributed by atoms with van der Waals surface area (Å²) in [7, 11) is 0. The Balaban J connectivity index is 0.000000307. The van der Waals surface area contributed by atoms with Crippen LogP contribution in [0.3, 0.4) is 0 Å². The van der Waals surface area contributed by atoms with Crippen molar-refractivity contribution in [3.8, 4) is 11.3 Å². The number of carbonyl (C=O) groups is 2. The molecule has 11 heteroatoms. The Morgan fingerprint density at radius 3 is 2.50 bits per heavy atom. The Kier molecular flexibility index (Phi) is 5.76. The number of carboxylic acid groups (broad SMARTS) is 1. The zero-order valence-electron chi connectivity index (χ0n) is 17.8. The first kappa shape index (κ1) is 22.3. The fraction of sp³-hybridized carbons (Fsp3) is 0.619. The van der Waals surface area contributed by atoms with Crippen LogP contribution in [0.5, 0.6) is 0 Å². The number of hydrogen-bond acceptors (Lipinski definition) is 4. The van der Waals surface area contributed by atoms with Gasteiger partial charge < -0.3 is 10.0 Å². The number of nitrogens with one attached hydrogen (secondary N) is 1. The van der Waals surface area contributed by atoms with E-state index >= 15 is 0 Å². The largest absolute Gasteiger partial charge is 0.490 e. The third-order valence-electron chi connectivity index (χ3n) is 6.31. The molecular formula is C21H26F3N5O3. The number of carboxylic acids is 1. The van der Waals surface area contributed by atoms with E-state index in [0.29, 0.717) is 5.91 Å². The molecular weight excluding hydrogens is 427 g/mol. The second-order valence-electron chi connectivity index (χ2n) is 9.08. The molecule has 32 heavy (non-hydrogen) atoms. The molecule has 2 aromatic heterocycles. The number of carbonyl (C=O) groups excluding carboxylic acids is 1. The Morgan fingerprint density at radius 1 is 1.25 bits per heavy atom. The zero-order valence-corrected chi connectivity index (χ0v) is 17.8. The van der Waals surface area contributed by atoms with Crippen molar-refractivity contribution in [3.63, 3.8) is 0 Å². The van der Waals surface area contributed by atoms with Gasteiger partial charge in [0.05, 0.1) is 11.9 Å². The fourth-order valence-electron chi connectivity index (χ4n) is 3.86. The minimum Gasteiger partial charge on any atom is -0.475 e. The number of aromatic nitrogens is 4. The van der Waals surface area contributed by atoms with Gasteiger partial charge in [-0.25, -0.2) is 4.79 Å². The SMILES string of the molecule is CC1(C(=O)N2CCc3[nH]nc(-c4cnn(CC5CC5)c4)c3CC2)CC1.O=C(O)C(F)(F)F. The summed E-state index contributed by atoms with van der Waals surface area (Å²) in [6.45, 7) is 4.71. The molecule has 0 spiro atoms. The number of aliphatic carboxylic acids is 1. The van der Waals surface area contributed by atoms with Crippen LogP contribution >= 0.6 is 0 Å². The van der Waals surface area contributed by atoms with Crippen LogP contribution in [0.2, 0.25) is 0 Å². The first-order valence-electron chi connectivity index (χ1n) is 10.8. The van der Waals surface area contributed by atoms with E-state index in [4.69, 9.17) is 9.90 Å². The van der Waals surface area contributed by atoms with Crippen molar-refractivity contribution in [1.29, 1.82) is 0 Å². The number of H-pyrrole nitrogens is 1. The van der Waals surface area contributed by atoms with Gasteiger partial charge in [0.2, 0.25) is 5.91 Å². The smallest absolute Gasteiger partial charge is 0.475 e. The van der Waals surface area contributed by atoms with Gasteiger partial charge in [-0.05, 0) is 38.0 Å². The third kappa shape index (κ3) is 4.97. The number of fused-ring (bicyclic) bond motifs is 1. The number of amides is 1. The zero-order chi connectivity index (χ0) is 23.1. The maximum atomic E-state index is 12.7. The van der Waals surface area contributed by atoms with Gasteiger partial charge in [0.15, 0.2) is 0 Å². The van der Waals surface area contributed by atoms with Crippen LogP contribution in [0.1, 0.15) is 43.9 Å². The quantitative estimate of drug-likeness (QED) is 0.741. The van der Waals surface area contributed by atoms with Crippen LogP contribution in [-0.2, 0) is 29.0 Å². The van der Waals surface area contributed by atoms with E-state index in [-0.39, 0.29) is 5.41 Å². The minimum atomic E-state index is -5.08. The van der Waals surface area contributed by atoms with Gasteiger partial charge in [-0.2, -0.15) is 23.4 Å². The Labute approximate surface area is 182 Å². The highest BCUT2D eigenvalue weighted by Gasteiger charge is 2.47. The number of alkyl halides is 3. The van der Waals surface area contributed by atoms with Crippen molar-refractivity contribution < 1.29 is 27.9 Å². The molecule has 0 aromatic carbocycles. The number of nitrogens with zero attached hydrogens (tertiary/aromatic N) is 4. The number of hydrogen-bond donors (Lipinski definition) is 2. The van der Waals surface area contributed by atoms with Crippen LogP contribution in [0.15, 0.2) is 12.4 Å². The van der Waals surface area contributed by atoms with Crippen LogP contribution in [-0.4, -0.2) is 61.1 Å². The van der Waals surface area contributed by atoms with Crippen molar-refractivity contribution in [2.75, 3.05) is 13.1 Å². The molecule has 0 unspecified atom stereocenters. The standard InChI is InChI=1S/C19H25N5O.C2HF3O2/c1-19(6-7-19)18(25)23-8-4-15-16(5-9-23)21-22-17(15)14-10-20-24(12-14)11-13-2-3-13;3-2(4,5)1(6)7/h10,12-13H,2-9,11H2,1H3,(H,21,22);(H,6,7). The summed E-state index contributed by atoms with van der Waals surface area (Å²) >= 11 is 0. The van der Waals surface area contributed by atoms with Crippen LogP contribution < -0.4 is 0 Å². The number of aromatic amines is 1. The maximum absolute atomic E-state index is 12.7. The Bertz CT molecular complexity index is 1000. The van der Waals surface area contributed by atoms with Crippen molar-refractivity contribution in [2.24, 2.45) is 11.3 Å². The molecule has 0 atom stereocenters. The van der Waals surface area contributed by atoms with E-state index < -0.39 is 12.1 Å². The average molecular weight is 453 g/mol. The van der Waals surface area contributed by atoms with E-state index in [9.17, 15) is 18.0 Å². The minimum absolute atomic E-state index is 0.0803. The van der Waals surface area contributed by atoms with E-state index in [0.717, 1.165) is 62.5 Å². The van der Waals surface area contributed by atoms with Crippen molar-refractivity contribution >= 4 is 11.9 Å². The van der Waals surface area contributed by atoms with Crippen molar-refractivity contribution in [1.82, 2.24) is 24.9 Å². The first-order chi connectivity index (χ1) is 15.1. The van der Waals surface area contributed by atoms with Crippen LogP contribution in [0.25, 0.3) is 11.3 Å². The molecule has 2 saturated carbocycles. The predicted octanol–water partition coefficient (Wildman–Crippen LogP) is 3.04. The van der Waals surface area contributed by atoms with E-state index in [2.05, 4.69) is 38.0 Å². The van der Waals surface area contributed by atoms with E-state index in [1.807, 2.05) is 6.20 Å². The van der Waals surface area contributed by atoms with Gasteiger partial charge in [0, 0.05) is 54.5 Å². The van der Waals surface area contributed by atoms with Gasteiger partial charge in [-0.15, -0.1) is 0 Å². The summed E-state index contributed by atoms with van der Waals surface area (Å²) in [5.41, 5.74) is 4.47. The van der Waals surface area contributed by atoms with E-state index in [1.54, 1.807) is 0 Å². The molecule has 3 aliphatic rings. The monoisotopic (exact) mass is 453 g/mol. The first-order valence-corrected chi connectivity index (χ1v) is 10.8. The molecule has 174 valence electrons. The lowest BCUT2D eigenvalue weighted by atomic mass is 10.1. The molecule has 1 amide bonds. The average Bonchev–Trinajstić information content (AvgIpc) is 3.62. The summed E-state index contributed by atoms with van der Waals surface area (Å²) in [4.78, 5) is 23.6. The molecule has 8 nitrogen and oxygen atoms in total. The highest BCUT2D eigenvalue weighted by molar-refractivity contribution is 5.85. The normalized spacial score (nSPS) is 19.4. The lowest BCUT2D eigenvalue weighted by Gasteiger charge is -2.23. The molecule has 3 heterocycles. The summed E-state index contributed by atoms with van der Waals surface area (Å²) < 4.78 is 33.8. The van der Waals surface area contributed by atoms with Gasteiger partial charge in [-0.3, -0.25) is 14.6 Å². The second-order valence-corrected chi connectivity index (χ2v) is 9.08. The highest BCUT2D eigenvalue weighted by atomic mass is 19.4. The summed E-state index contributed by atoms with van der Waals surface area (Å²) in [5.74, 6) is -1.61. The maximum Gasteiger partial charge on any atom is 0.490 e. The Hall–Kier alpha value is -2.85. The van der Waals surface area contributed by atoms with Crippen molar-refractivity contribution in [3.05, 3.63) is 23.7 Å². The van der Waals surface area contributed by atoms with Gasteiger partial charge in [0.1, 0.15) is 0 Å². The summed E-state index contributed by atoms with van der Waals surface area (Å²) in [5, 5.41) is 19.4. The molecule has 2 aliphatic carbocycles. The highest BCUT2D eigenvalue weighted by Crippen LogP contribution is 2.46. The third-order valence-corrected chi connectivity index (χ3v) is 6.31. The second kappa shape index (κ2) is 8.25. The predicted molar refractivity (Wildman–Crippen MR) is 108 cm³/mol. The molecule has 0 radical (unpaired) electrons.